The Labute approximate surface area is 141 Å². The average Bonchev–Trinajstić information content (AvgIpc) is 3.08. The van der Waals surface area contributed by atoms with Crippen LogP contribution in [0.4, 0.5) is 0 Å². The van der Waals surface area contributed by atoms with E-state index in [-0.39, 0.29) is 6.54 Å². The minimum Gasteiger partial charge on any atom is -0.467 e. The maximum atomic E-state index is 9.99. The summed E-state index contributed by atoms with van der Waals surface area (Å²) in [5, 5.41) is 17.1. The van der Waals surface area contributed by atoms with Gasteiger partial charge in [-0.15, -0.1) is 0 Å². The van der Waals surface area contributed by atoms with Crippen LogP contribution >= 0.6 is 11.6 Å². The van der Waals surface area contributed by atoms with E-state index in [1.807, 2.05) is 31.2 Å². The minimum absolute atomic E-state index is 0.231. The van der Waals surface area contributed by atoms with Gasteiger partial charge in [0, 0.05) is 18.1 Å². The molecule has 0 fully saturated rings. The molecule has 0 aliphatic carbocycles. The van der Waals surface area contributed by atoms with E-state index in [9.17, 15) is 5.11 Å². The topological polar surface area (TPSA) is 69.8 Å². The van der Waals surface area contributed by atoms with Gasteiger partial charge in [-0.05, 0) is 37.1 Å². The summed E-state index contributed by atoms with van der Waals surface area (Å²) >= 11 is 6.14. The lowest BCUT2D eigenvalue weighted by atomic mass is 10.1. The van der Waals surface area contributed by atoms with Gasteiger partial charge in [0.25, 0.3) is 0 Å². The molecule has 5 nitrogen and oxygen atoms in total. The number of nitrogens with zero attached hydrogens (tertiary/aromatic N) is 1. The first-order chi connectivity index (χ1) is 11.2. The highest BCUT2D eigenvalue weighted by molar-refractivity contribution is 6.31. The number of aliphatic hydroxyl groups excluding tert-OH is 1. The Hall–Kier alpha value is -1.98. The standard InChI is InChI=1S/C17H22ClN3O2/c1-2-19-17(21-12-15(22)16-8-5-11-23-16)20-10-9-13-6-3-4-7-14(13)18/h3-8,11,15,22H,2,9-10,12H2,1H3,(H2,19,20,21). The Kier molecular flexibility index (Phi) is 6.97. The predicted octanol–water partition coefficient (Wildman–Crippen LogP) is 2.76. The molecule has 0 bridgehead atoms. The van der Waals surface area contributed by atoms with Gasteiger partial charge in [0.1, 0.15) is 11.9 Å². The van der Waals surface area contributed by atoms with Crippen molar-refractivity contribution in [1.29, 1.82) is 0 Å². The molecule has 23 heavy (non-hydrogen) atoms. The van der Waals surface area contributed by atoms with Crippen LogP contribution in [0.25, 0.3) is 0 Å². The van der Waals surface area contributed by atoms with E-state index in [0.29, 0.717) is 18.3 Å². The van der Waals surface area contributed by atoms with Crippen LogP contribution in [-0.2, 0) is 6.42 Å². The van der Waals surface area contributed by atoms with Crippen LogP contribution in [0.5, 0.6) is 0 Å². The first-order valence-electron chi connectivity index (χ1n) is 7.67. The van der Waals surface area contributed by atoms with Gasteiger partial charge in [0.05, 0.1) is 12.8 Å². The lowest BCUT2D eigenvalue weighted by Crippen LogP contribution is -2.38. The molecule has 0 spiro atoms. The Morgan fingerprint density at radius 1 is 1.26 bits per heavy atom. The van der Waals surface area contributed by atoms with Crippen molar-refractivity contribution in [3.05, 3.63) is 59.0 Å². The highest BCUT2D eigenvalue weighted by Gasteiger charge is 2.10. The fraction of sp³-hybridized carbons (Fsp3) is 0.353. The summed E-state index contributed by atoms with van der Waals surface area (Å²) in [6, 6.07) is 11.3. The molecule has 124 valence electrons. The molecule has 0 amide bonds. The van der Waals surface area contributed by atoms with Gasteiger partial charge < -0.3 is 20.2 Å². The number of aliphatic hydroxyl groups is 1. The number of rotatable bonds is 7. The summed E-state index contributed by atoms with van der Waals surface area (Å²) in [6.45, 7) is 3.67. The smallest absolute Gasteiger partial charge is 0.191 e. The van der Waals surface area contributed by atoms with E-state index in [1.165, 1.54) is 6.26 Å². The van der Waals surface area contributed by atoms with E-state index in [0.717, 1.165) is 23.6 Å². The van der Waals surface area contributed by atoms with Crippen LogP contribution in [0.2, 0.25) is 5.02 Å². The predicted molar refractivity (Wildman–Crippen MR) is 92.8 cm³/mol. The number of furan rings is 1. The largest absolute Gasteiger partial charge is 0.467 e. The van der Waals surface area contributed by atoms with Crippen LogP contribution in [0.1, 0.15) is 24.4 Å². The summed E-state index contributed by atoms with van der Waals surface area (Å²) in [6.07, 6.45) is 1.59. The summed E-state index contributed by atoms with van der Waals surface area (Å²) in [5.41, 5.74) is 1.09. The molecular weight excluding hydrogens is 314 g/mol. The highest BCUT2D eigenvalue weighted by Crippen LogP contribution is 2.15. The quantitative estimate of drug-likeness (QED) is 0.537. The Balaban J connectivity index is 1.85. The summed E-state index contributed by atoms with van der Waals surface area (Å²) in [7, 11) is 0. The van der Waals surface area contributed by atoms with Crippen molar-refractivity contribution in [2.45, 2.75) is 19.4 Å². The molecule has 0 saturated carbocycles. The number of nitrogens with one attached hydrogen (secondary N) is 2. The molecule has 1 aromatic heterocycles. The molecule has 0 aliphatic rings. The Bertz CT molecular complexity index is 614. The van der Waals surface area contributed by atoms with E-state index < -0.39 is 6.10 Å². The zero-order valence-electron chi connectivity index (χ0n) is 13.1. The second-order valence-electron chi connectivity index (χ2n) is 5.02. The van der Waals surface area contributed by atoms with Crippen LogP contribution in [0.3, 0.4) is 0 Å². The second-order valence-corrected chi connectivity index (χ2v) is 5.43. The van der Waals surface area contributed by atoms with Gasteiger partial charge in [-0.3, -0.25) is 4.99 Å². The fourth-order valence-corrected chi connectivity index (χ4v) is 2.34. The lowest BCUT2D eigenvalue weighted by molar-refractivity contribution is 0.158. The van der Waals surface area contributed by atoms with Crippen molar-refractivity contribution in [2.24, 2.45) is 4.99 Å². The molecule has 2 aromatic rings. The molecule has 0 saturated heterocycles. The third-order valence-electron chi connectivity index (χ3n) is 3.28. The number of halogens is 1. The number of aliphatic imine (C=N–C) groups is 1. The maximum absolute atomic E-state index is 9.99. The molecule has 1 aromatic carbocycles. The van der Waals surface area contributed by atoms with E-state index in [2.05, 4.69) is 15.6 Å². The van der Waals surface area contributed by atoms with Crippen molar-refractivity contribution in [1.82, 2.24) is 10.6 Å². The van der Waals surface area contributed by atoms with E-state index >= 15 is 0 Å². The molecule has 3 N–H and O–H groups in total. The van der Waals surface area contributed by atoms with Crippen molar-refractivity contribution >= 4 is 17.6 Å². The highest BCUT2D eigenvalue weighted by atomic mass is 35.5. The summed E-state index contributed by atoms with van der Waals surface area (Å²) in [5.74, 6) is 1.17. The van der Waals surface area contributed by atoms with Gasteiger partial charge in [0.15, 0.2) is 5.96 Å². The van der Waals surface area contributed by atoms with Crippen LogP contribution in [-0.4, -0.2) is 30.7 Å². The molecule has 2 rings (SSSR count). The SMILES string of the molecule is CCNC(=NCC(O)c1ccco1)NCCc1ccccc1Cl. The summed E-state index contributed by atoms with van der Waals surface area (Å²) in [4.78, 5) is 4.37. The zero-order valence-corrected chi connectivity index (χ0v) is 13.9. The molecule has 1 atom stereocenters. The van der Waals surface area contributed by atoms with Gasteiger partial charge in [0.2, 0.25) is 0 Å². The fourth-order valence-electron chi connectivity index (χ4n) is 2.11. The number of hydrogen-bond donors (Lipinski definition) is 3. The van der Waals surface area contributed by atoms with Crippen molar-refractivity contribution in [3.8, 4) is 0 Å². The Morgan fingerprint density at radius 3 is 2.78 bits per heavy atom. The van der Waals surface area contributed by atoms with Crippen molar-refractivity contribution in [2.75, 3.05) is 19.6 Å². The second kappa shape index (κ2) is 9.22. The molecule has 6 heteroatoms. The van der Waals surface area contributed by atoms with Crippen LogP contribution < -0.4 is 10.6 Å². The van der Waals surface area contributed by atoms with Gasteiger partial charge in [-0.2, -0.15) is 0 Å². The normalized spacial score (nSPS) is 12.9. The Morgan fingerprint density at radius 2 is 2.09 bits per heavy atom. The van der Waals surface area contributed by atoms with Gasteiger partial charge in [-0.1, -0.05) is 29.8 Å². The first kappa shape index (κ1) is 17.4. The first-order valence-corrected chi connectivity index (χ1v) is 8.05. The third-order valence-corrected chi connectivity index (χ3v) is 3.65. The molecule has 1 heterocycles. The molecule has 0 aliphatic heterocycles. The molecule has 1 unspecified atom stereocenters. The summed E-state index contributed by atoms with van der Waals surface area (Å²) < 4.78 is 5.16. The number of benzene rings is 1. The van der Waals surface area contributed by atoms with Gasteiger partial charge in [-0.25, -0.2) is 0 Å². The molecular formula is C17H22ClN3O2. The van der Waals surface area contributed by atoms with E-state index in [1.54, 1.807) is 12.1 Å². The lowest BCUT2D eigenvalue weighted by Gasteiger charge is -2.12. The van der Waals surface area contributed by atoms with Crippen molar-refractivity contribution < 1.29 is 9.52 Å². The number of guanidine groups is 1. The maximum Gasteiger partial charge on any atom is 0.191 e. The minimum atomic E-state index is -0.746. The number of hydrogen-bond acceptors (Lipinski definition) is 3. The van der Waals surface area contributed by atoms with Gasteiger partial charge >= 0.3 is 0 Å². The van der Waals surface area contributed by atoms with Crippen LogP contribution in [0.15, 0.2) is 52.1 Å². The van der Waals surface area contributed by atoms with Crippen molar-refractivity contribution in [3.63, 3.8) is 0 Å². The van der Waals surface area contributed by atoms with E-state index in [4.69, 9.17) is 16.0 Å². The molecule has 0 radical (unpaired) electrons. The average molecular weight is 336 g/mol. The van der Waals surface area contributed by atoms with Crippen LogP contribution in [0, 0.1) is 0 Å². The zero-order chi connectivity index (χ0) is 16.5. The third kappa shape index (κ3) is 5.62. The monoisotopic (exact) mass is 335 g/mol.